The average Bonchev–Trinajstić information content (AvgIpc) is 2.83. The summed E-state index contributed by atoms with van der Waals surface area (Å²) < 4.78 is 0. The molecule has 0 aliphatic rings. The minimum Gasteiger partial charge on any atom is -0.361 e. The Labute approximate surface area is 105 Å². The zero-order valence-corrected chi connectivity index (χ0v) is 9.72. The Bertz CT molecular complexity index is 735. The van der Waals surface area contributed by atoms with Crippen molar-refractivity contribution in [3.63, 3.8) is 0 Å². The lowest BCUT2D eigenvalue weighted by molar-refractivity contribution is 1.14. The molecule has 3 aromatic rings. The molecule has 1 aromatic carbocycles. The first-order valence-corrected chi connectivity index (χ1v) is 5.76. The van der Waals surface area contributed by atoms with Crippen molar-refractivity contribution in [3.05, 3.63) is 65.6 Å². The van der Waals surface area contributed by atoms with Crippen LogP contribution < -0.4 is 0 Å². The number of H-pyrrole nitrogens is 1. The molecule has 86 valence electrons. The molecule has 0 saturated carbocycles. The number of fused-ring (bicyclic) bond motifs is 1. The summed E-state index contributed by atoms with van der Waals surface area (Å²) in [6, 6.07) is 12.1. The van der Waals surface area contributed by atoms with Crippen molar-refractivity contribution in [2.45, 2.75) is 6.42 Å². The summed E-state index contributed by atoms with van der Waals surface area (Å²) >= 11 is 0. The van der Waals surface area contributed by atoms with E-state index in [2.05, 4.69) is 22.1 Å². The lowest BCUT2D eigenvalue weighted by Gasteiger charge is -2.02. The third-order valence-corrected chi connectivity index (χ3v) is 3.08. The Hall–Kier alpha value is -2.60. The van der Waals surface area contributed by atoms with Crippen molar-refractivity contribution >= 4 is 10.9 Å². The highest BCUT2D eigenvalue weighted by atomic mass is 14.7. The van der Waals surface area contributed by atoms with E-state index in [0.29, 0.717) is 5.56 Å². The largest absolute Gasteiger partial charge is 0.361 e. The first-order valence-electron chi connectivity index (χ1n) is 5.76. The van der Waals surface area contributed by atoms with Gasteiger partial charge in [-0.1, -0.05) is 18.2 Å². The third kappa shape index (κ3) is 1.74. The van der Waals surface area contributed by atoms with Gasteiger partial charge in [-0.05, 0) is 23.3 Å². The summed E-state index contributed by atoms with van der Waals surface area (Å²) in [5.41, 5.74) is 3.96. The molecule has 3 heteroatoms. The maximum atomic E-state index is 9.07. The summed E-state index contributed by atoms with van der Waals surface area (Å²) in [4.78, 5) is 7.34. The van der Waals surface area contributed by atoms with E-state index in [9.17, 15) is 0 Å². The van der Waals surface area contributed by atoms with Gasteiger partial charge in [0.15, 0.2) is 0 Å². The number of para-hydroxylation sites is 1. The van der Waals surface area contributed by atoms with Gasteiger partial charge in [0.2, 0.25) is 0 Å². The van der Waals surface area contributed by atoms with Crippen LogP contribution in [0.25, 0.3) is 10.9 Å². The molecule has 0 amide bonds. The maximum absolute atomic E-state index is 9.07. The number of pyridine rings is 1. The Morgan fingerprint density at radius 1 is 1.17 bits per heavy atom. The minimum absolute atomic E-state index is 0.690. The van der Waals surface area contributed by atoms with Crippen molar-refractivity contribution < 1.29 is 0 Å². The van der Waals surface area contributed by atoms with E-state index >= 15 is 0 Å². The van der Waals surface area contributed by atoms with Gasteiger partial charge in [-0.2, -0.15) is 5.26 Å². The van der Waals surface area contributed by atoms with Gasteiger partial charge in [0.1, 0.15) is 0 Å². The van der Waals surface area contributed by atoms with Crippen molar-refractivity contribution in [2.24, 2.45) is 0 Å². The molecule has 18 heavy (non-hydrogen) atoms. The third-order valence-electron chi connectivity index (χ3n) is 3.08. The van der Waals surface area contributed by atoms with Crippen LogP contribution in [0.2, 0.25) is 0 Å². The predicted molar refractivity (Wildman–Crippen MR) is 70.1 cm³/mol. The lowest BCUT2D eigenvalue weighted by atomic mass is 10.0. The van der Waals surface area contributed by atoms with Crippen LogP contribution in [0.5, 0.6) is 0 Å². The molecule has 2 heterocycles. The number of benzene rings is 1. The molecule has 0 radical (unpaired) electrons. The zero-order valence-electron chi connectivity index (χ0n) is 9.72. The molecule has 3 nitrogen and oxygen atoms in total. The second-order valence-electron chi connectivity index (χ2n) is 4.18. The average molecular weight is 233 g/mol. The molecule has 0 saturated heterocycles. The Kier molecular flexibility index (Phi) is 2.54. The Morgan fingerprint density at radius 2 is 2.06 bits per heavy atom. The molecule has 0 aliphatic heterocycles. The van der Waals surface area contributed by atoms with Crippen molar-refractivity contribution in [1.29, 1.82) is 5.26 Å². The summed E-state index contributed by atoms with van der Waals surface area (Å²) in [5.74, 6) is 0. The Morgan fingerprint density at radius 3 is 2.94 bits per heavy atom. The van der Waals surface area contributed by atoms with Gasteiger partial charge in [-0.15, -0.1) is 0 Å². The molecule has 0 unspecified atom stereocenters. The van der Waals surface area contributed by atoms with Crippen LogP contribution in [0.15, 0.2) is 48.9 Å². The molecule has 0 aliphatic carbocycles. The van der Waals surface area contributed by atoms with Crippen LogP contribution in [0, 0.1) is 11.3 Å². The first-order chi connectivity index (χ1) is 8.88. The second-order valence-corrected chi connectivity index (χ2v) is 4.18. The molecule has 3 rings (SSSR count). The van der Waals surface area contributed by atoms with Crippen LogP contribution in [0.1, 0.15) is 16.7 Å². The monoisotopic (exact) mass is 233 g/mol. The van der Waals surface area contributed by atoms with Gasteiger partial charge in [0, 0.05) is 35.9 Å². The van der Waals surface area contributed by atoms with E-state index in [1.807, 2.05) is 24.4 Å². The second kappa shape index (κ2) is 4.34. The normalized spacial score (nSPS) is 10.4. The van der Waals surface area contributed by atoms with E-state index in [4.69, 9.17) is 5.26 Å². The van der Waals surface area contributed by atoms with Gasteiger partial charge in [0.25, 0.3) is 0 Å². The van der Waals surface area contributed by atoms with Gasteiger partial charge < -0.3 is 4.98 Å². The molecule has 2 aromatic heterocycles. The number of nitrogens with one attached hydrogen (secondary N) is 1. The number of hydrogen-bond donors (Lipinski definition) is 1. The standard InChI is InChI=1S/C15H11N3/c16-8-11-5-6-17-9-12(11)7-13-10-18-15-4-2-1-3-14(13)15/h1-6,9-10,18H,7H2. The topological polar surface area (TPSA) is 52.5 Å². The summed E-state index contributed by atoms with van der Waals surface area (Å²) in [5, 5.41) is 10.3. The fraction of sp³-hybridized carbons (Fsp3) is 0.0667. The van der Waals surface area contributed by atoms with Gasteiger partial charge in [0.05, 0.1) is 11.6 Å². The summed E-state index contributed by atoms with van der Waals surface area (Å²) in [7, 11) is 0. The quantitative estimate of drug-likeness (QED) is 0.739. The number of rotatable bonds is 2. The van der Waals surface area contributed by atoms with E-state index in [1.54, 1.807) is 18.5 Å². The van der Waals surface area contributed by atoms with Crippen LogP contribution in [-0.2, 0) is 6.42 Å². The number of aromatic amines is 1. The van der Waals surface area contributed by atoms with Crippen LogP contribution >= 0.6 is 0 Å². The number of nitriles is 1. The molecule has 0 spiro atoms. The first kappa shape index (κ1) is 10.5. The SMILES string of the molecule is N#Cc1ccncc1Cc1c[nH]c2ccccc12. The number of hydrogen-bond acceptors (Lipinski definition) is 2. The predicted octanol–water partition coefficient (Wildman–Crippen LogP) is 3.03. The maximum Gasteiger partial charge on any atom is 0.0995 e. The number of aromatic nitrogens is 2. The lowest BCUT2D eigenvalue weighted by Crippen LogP contribution is -1.92. The van der Waals surface area contributed by atoms with E-state index in [-0.39, 0.29) is 0 Å². The highest BCUT2D eigenvalue weighted by Crippen LogP contribution is 2.21. The van der Waals surface area contributed by atoms with Crippen LogP contribution in [0.4, 0.5) is 0 Å². The highest BCUT2D eigenvalue weighted by molar-refractivity contribution is 5.83. The van der Waals surface area contributed by atoms with Crippen molar-refractivity contribution in [2.75, 3.05) is 0 Å². The van der Waals surface area contributed by atoms with E-state index in [0.717, 1.165) is 17.5 Å². The van der Waals surface area contributed by atoms with Gasteiger partial charge in [-0.3, -0.25) is 4.98 Å². The zero-order chi connectivity index (χ0) is 12.4. The Balaban J connectivity index is 2.05. The van der Waals surface area contributed by atoms with Crippen molar-refractivity contribution in [3.8, 4) is 6.07 Å². The molecule has 0 bridgehead atoms. The highest BCUT2D eigenvalue weighted by Gasteiger charge is 2.07. The molecular weight excluding hydrogens is 222 g/mol. The fourth-order valence-corrected chi connectivity index (χ4v) is 2.16. The fourth-order valence-electron chi connectivity index (χ4n) is 2.16. The summed E-state index contributed by atoms with van der Waals surface area (Å²) in [6.07, 6.45) is 6.14. The van der Waals surface area contributed by atoms with Crippen molar-refractivity contribution in [1.82, 2.24) is 9.97 Å². The summed E-state index contributed by atoms with van der Waals surface area (Å²) in [6.45, 7) is 0. The molecule has 0 atom stereocenters. The van der Waals surface area contributed by atoms with Crippen LogP contribution in [0.3, 0.4) is 0 Å². The van der Waals surface area contributed by atoms with Gasteiger partial charge in [-0.25, -0.2) is 0 Å². The molecule has 1 N–H and O–H groups in total. The minimum atomic E-state index is 0.690. The van der Waals surface area contributed by atoms with Gasteiger partial charge >= 0.3 is 0 Å². The number of nitrogens with zero attached hydrogens (tertiary/aromatic N) is 2. The smallest absolute Gasteiger partial charge is 0.0995 e. The molecule has 0 fully saturated rings. The van der Waals surface area contributed by atoms with E-state index < -0.39 is 0 Å². The molecular formula is C15H11N3. The van der Waals surface area contributed by atoms with Crippen LogP contribution in [-0.4, -0.2) is 9.97 Å². The van der Waals surface area contributed by atoms with E-state index in [1.165, 1.54) is 10.9 Å².